The zero-order chi connectivity index (χ0) is 15.0. The Bertz CT molecular complexity index is 683. The lowest BCUT2D eigenvalue weighted by Crippen LogP contribution is -2.40. The highest BCUT2D eigenvalue weighted by Gasteiger charge is 2.49. The number of carbonyl (C=O) groups excluding carboxylic acids is 2. The predicted octanol–water partition coefficient (Wildman–Crippen LogP) is 2.18. The van der Waals surface area contributed by atoms with E-state index in [0.29, 0.717) is 5.88 Å². The van der Waals surface area contributed by atoms with Gasteiger partial charge in [-0.3, -0.25) is 9.69 Å². The molecule has 6 nitrogen and oxygen atoms in total. The Morgan fingerprint density at radius 2 is 2.29 bits per heavy atom. The molecule has 3 heterocycles. The van der Waals surface area contributed by atoms with E-state index in [1.807, 2.05) is 17.5 Å². The number of hydrogen-bond donors (Lipinski definition) is 1. The summed E-state index contributed by atoms with van der Waals surface area (Å²) in [4.78, 5) is 26.8. The van der Waals surface area contributed by atoms with Gasteiger partial charge in [-0.25, -0.2) is 4.79 Å². The molecule has 1 aliphatic heterocycles. The fourth-order valence-corrected chi connectivity index (χ4v) is 3.74. The molecule has 0 aromatic carbocycles. The molecule has 1 atom stereocenters. The van der Waals surface area contributed by atoms with Gasteiger partial charge in [0.1, 0.15) is 0 Å². The maximum atomic E-state index is 12.7. The molecule has 1 unspecified atom stereocenters. The van der Waals surface area contributed by atoms with E-state index in [0.717, 1.165) is 10.4 Å². The second-order valence-corrected chi connectivity index (χ2v) is 6.35. The van der Waals surface area contributed by atoms with E-state index in [9.17, 15) is 9.59 Å². The summed E-state index contributed by atoms with van der Waals surface area (Å²) in [5.74, 6) is 0.188. The molecule has 0 radical (unpaired) electrons. The molecular formula is C13H13N3O3S2. The fourth-order valence-electron chi connectivity index (χ4n) is 2.26. The molecule has 0 bridgehead atoms. The predicted molar refractivity (Wildman–Crippen MR) is 79.4 cm³/mol. The summed E-state index contributed by atoms with van der Waals surface area (Å²) in [5, 5.41) is 6.43. The minimum Gasteiger partial charge on any atom is -0.480 e. The van der Waals surface area contributed by atoms with Crippen LogP contribution in [-0.2, 0) is 16.9 Å². The minimum absolute atomic E-state index is 0.158. The summed E-state index contributed by atoms with van der Waals surface area (Å²) >= 11 is 2.68. The summed E-state index contributed by atoms with van der Waals surface area (Å²) in [6, 6.07) is 3.31. The molecular weight excluding hydrogens is 310 g/mol. The monoisotopic (exact) mass is 323 g/mol. The zero-order valence-electron chi connectivity index (χ0n) is 11.5. The van der Waals surface area contributed by atoms with Gasteiger partial charge in [-0.15, -0.1) is 11.3 Å². The molecule has 110 valence electrons. The first-order chi connectivity index (χ1) is 10.1. The Balaban J connectivity index is 1.88. The van der Waals surface area contributed by atoms with E-state index in [1.165, 1.54) is 34.9 Å². The third kappa shape index (κ3) is 2.20. The number of ether oxygens (including phenoxy) is 1. The molecule has 21 heavy (non-hydrogen) atoms. The largest absolute Gasteiger partial charge is 0.480 e. The number of nitrogens with zero attached hydrogens (tertiary/aromatic N) is 2. The SMILES string of the molecule is COc1nscc1CN1C(=O)NC(C)(c2cccs2)C1=O. The standard InChI is InChI=1S/C13H13N3O3S2/c1-13(9-4-3-5-20-9)11(17)16(12(18)14-13)6-8-7-21-15-10(8)19-2/h3-5,7H,6H2,1-2H3,(H,14,18). The molecule has 3 rings (SSSR count). The van der Waals surface area contributed by atoms with Crippen LogP contribution in [0.25, 0.3) is 0 Å². The third-order valence-corrected chi connectivity index (χ3v) is 5.17. The fraction of sp³-hybridized carbons (Fsp3) is 0.308. The van der Waals surface area contributed by atoms with Gasteiger partial charge in [0.2, 0.25) is 5.88 Å². The Kier molecular flexibility index (Phi) is 3.42. The number of nitrogens with one attached hydrogen (secondary N) is 1. The minimum atomic E-state index is -0.998. The van der Waals surface area contributed by atoms with Crippen LogP contribution in [0.3, 0.4) is 0 Å². The van der Waals surface area contributed by atoms with Crippen molar-refractivity contribution in [2.75, 3.05) is 7.11 Å². The van der Waals surface area contributed by atoms with Gasteiger partial charge in [0.05, 0.1) is 13.7 Å². The van der Waals surface area contributed by atoms with Crippen LogP contribution in [0, 0.1) is 0 Å². The molecule has 3 amide bonds. The molecule has 1 aliphatic rings. The summed E-state index contributed by atoms with van der Waals surface area (Å²) in [5.41, 5.74) is -0.275. The quantitative estimate of drug-likeness (QED) is 0.876. The van der Waals surface area contributed by atoms with Crippen molar-refractivity contribution in [3.8, 4) is 5.88 Å². The van der Waals surface area contributed by atoms with Gasteiger partial charge in [0, 0.05) is 15.8 Å². The zero-order valence-corrected chi connectivity index (χ0v) is 13.1. The van der Waals surface area contributed by atoms with Crippen LogP contribution in [0.1, 0.15) is 17.4 Å². The highest BCUT2D eigenvalue weighted by atomic mass is 32.1. The van der Waals surface area contributed by atoms with E-state index >= 15 is 0 Å². The first-order valence-corrected chi connectivity index (χ1v) is 7.93. The average Bonchev–Trinajstić information content (AvgIpc) is 3.17. The van der Waals surface area contributed by atoms with Crippen molar-refractivity contribution in [2.24, 2.45) is 0 Å². The number of amides is 3. The number of imide groups is 1. The van der Waals surface area contributed by atoms with E-state index in [4.69, 9.17) is 4.74 Å². The molecule has 2 aromatic rings. The van der Waals surface area contributed by atoms with Crippen LogP contribution in [0.4, 0.5) is 4.79 Å². The summed E-state index contributed by atoms with van der Waals surface area (Å²) in [6.07, 6.45) is 0. The van der Waals surface area contributed by atoms with Crippen LogP contribution in [0.2, 0.25) is 0 Å². The van der Waals surface area contributed by atoms with Crippen LogP contribution in [0.5, 0.6) is 5.88 Å². The third-order valence-electron chi connectivity index (χ3n) is 3.42. The van der Waals surface area contributed by atoms with Crippen molar-refractivity contribution in [3.63, 3.8) is 0 Å². The summed E-state index contributed by atoms with van der Waals surface area (Å²) in [7, 11) is 1.51. The normalized spacial score (nSPS) is 21.7. The van der Waals surface area contributed by atoms with Crippen molar-refractivity contribution in [3.05, 3.63) is 33.3 Å². The van der Waals surface area contributed by atoms with E-state index in [1.54, 1.807) is 12.3 Å². The lowest BCUT2D eigenvalue weighted by Gasteiger charge is -2.20. The van der Waals surface area contributed by atoms with E-state index in [-0.39, 0.29) is 12.5 Å². The molecule has 2 aromatic heterocycles. The maximum Gasteiger partial charge on any atom is 0.325 e. The van der Waals surface area contributed by atoms with Crippen molar-refractivity contribution in [2.45, 2.75) is 19.0 Å². The maximum absolute atomic E-state index is 12.7. The topological polar surface area (TPSA) is 71.5 Å². The Labute approximate surface area is 129 Å². The number of carbonyl (C=O) groups is 2. The molecule has 0 spiro atoms. The number of thiophene rings is 1. The smallest absolute Gasteiger partial charge is 0.325 e. The Hall–Kier alpha value is -1.93. The second kappa shape index (κ2) is 5.12. The van der Waals surface area contributed by atoms with Crippen LogP contribution < -0.4 is 10.1 Å². The van der Waals surface area contributed by atoms with Gasteiger partial charge in [-0.2, -0.15) is 4.37 Å². The summed E-state index contributed by atoms with van der Waals surface area (Å²) < 4.78 is 9.19. The van der Waals surface area contributed by atoms with Crippen molar-refractivity contribution in [1.29, 1.82) is 0 Å². The van der Waals surface area contributed by atoms with Gasteiger partial charge in [0.15, 0.2) is 5.54 Å². The highest BCUT2D eigenvalue weighted by molar-refractivity contribution is 7.10. The molecule has 1 N–H and O–H groups in total. The van der Waals surface area contributed by atoms with Crippen LogP contribution >= 0.6 is 22.9 Å². The van der Waals surface area contributed by atoms with E-state index in [2.05, 4.69) is 9.69 Å². The number of hydrogen-bond acceptors (Lipinski definition) is 6. The van der Waals surface area contributed by atoms with Gasteiger partial charge in [-0.1, -0.05) is 6.07 Å². The number of rotatable bonds is 4. The van der Waals surface area contributed by atoms with Crippen LogP contribution in [-0.4, -0.2) is 28.3 Å². The first kappa shape index (κ1) is 14.0. The molecule has 1 fully saturated rings. The van der Waals surface area contributed by atoms with E-state index < -0.39 is 11.6 Å². The molecule has 0 aliphatic carbocycles. The number of methoxy groups -OCH3 is 1. The van der Waals surface area contributed by atoms with Gasteiger partial charge in [0.25, 0.3) is 5.91 Å². The van der Waals surface area contributed by atoms with Gasteiger partial charge >= 0.3 is 6.03 Å². The van der Waals surface area contributed by atoms with Gasteiger partial charge < -0.3 is 10.1 Å². The van der Waals surface area contributed by atoms with Gasteiger partial charge in [-0.05, 0) is 29.9 Å². The lowest BCUT2D eigenvalue weighted by atomic mass is 10.0. The van der Waals surface area contributed by atoms with Crippen molar-refractivity contribution >= 4 is 34.8 Å². The average molecular weight is 323 g/mol. The number of urea groups is 1. The summed E-state index contributed by atoms with van der Waals surface area (Å²) in [6.45, 7) is 1.88. The Morgan fingerprint density at radius 1 is 1.48 bits per heavy atom. The molecule has 0 saturated carbocycles. The van der Waals surface area contributed by atoms with Crippen molar-refractivity contribution in [1.82, 2.24) is 14.6 Å². The molecule has 1 saturated heterocycles. The Morgan fingerprint density at radius 3 is 2.95 bits per heavy atom. The lowest BCUT2D eigenvalue weighted by molar-refractivity contribution is -0.131. The molecule has 8 heteroatoms. The van der Waals surface area contributed by atoms with Crippen molar-refractivity contribution < 1.29 is 14.3 Å². The first-order valence-electron chi connectivity index (χ1n) is 6.21. The number of aromatic nitrogens is 1. The highest BCUT2D eigenvalue weighted by Crippen LogP contribution is 2.33. The van der Waals surface area contributed by atoms with Crippen LogP contribution in [0.15, 0.2) is 22.9 Å². The second-order valence-electron chi connectivity index (χ2n) is 4.77.